The van der Waals surface area contributed by atoms with Crippen LogP contribution in [0.25, 0.3) is 11.6 Å². The molecule has 0 saturated carbocycles. The van der Waals surface area contributed by atoms with Gasteiger partial charge in [-0.1, -0.05) is 11.5 Å². The maximum atomic E-state index is 12.1. The fraction of sp³-hybridized carbons (Fsp3) is 0.0625. The first-order chi connectivity index (χ1) is 9.95. The van der Waals surface area contributed by atoms with Crippen molar-refractivity contribution >= 4 is 59.1 Å². The smallest absolute Gasteiger partial charge is 0.256 e. The third kappa shape index (κ3) is 2.57. The van der Waals surface area contributed by atoms with Gasteiger partial charge in [-0.05, 0) is 71.0 Å². The number of nitrogens with one attached hydrogen (secondary N) is 1. The third-order valence-electron chi connectivity index (χ3n) is 3.43. The molecular formula is C16H11BINO2. The second-order valence-corrected chi connectivity index (χ2v) is 6.22. The van der Waals surface area contributed by atoms with Crippen molar-refractivity contribution in [2.24, 2.45) is 0 Å². The van der Waals surface area contributed by atoms with Gasteiger partial charge in [-0.2, -0.15) is 0 Å². The lowest BCUT2D eigenvalue weighted by Gasteiger charge is -2.06. The van der Waals surface area contributed by atoms with E-state index in [2.05, 4.69) is 27.9 Å². The molecule has 1 amide bonds. The van der Waals surface area contributed by atoms with E-state index in [1.54, 1.807) is 25.1 Å². The number of halogens is 1. The molecule has 0 fully saturated rings. The molecule has 0 spiro atoms. The number of hydrogen-bond acceptors (Lipinski definition) is 2. The van der Waals surface area contributed by atoms with Gasteiger partial charge in [0.25, 0.3) is 5.91 Å². The number of fused-ring (bicyclic) bond motifs is 1. The highest BCUT2D eigenvalue weighted by Gasteiger charge is 2.24. The summed E-state index contributed by atoms with van der Waals surface area (Å²) in [4.78, 5) is 12.1. The van der Waals surface area contributed by atoms with Crippen LogP contribution in [-0.2, 0) is 4.79 Å². The minimum Gasteiger partial charge on any atom is -0.508 e. The van der Waals surface area contributed by atoms with Crippen LogP contribution in [0.15, 0.2) is 30.3 Å². The normalized spacial score (nSPS) is 15.1. The standard InChI is InChI=1S/C16H11BINO2/c1-8-4-9(6-13(17)15(8)20)5-12-11-7-10(18)2-3-14(11)19-16(12)21/h2-7,20H,1H3,(H,19,21)/b12-5-. The number of carbonyl (C=O) groups is 1. The molecule has 0 aromatic heterocycles. The SMILES string of the molecule is [B]c1cc(/C=C2\C(=O)Nc3ccc(I)cc32)cc(C)c1O. The summed E-state index contributed by atoms with van der Waals surface area (Å²) in [5.41, 5.74) is 4.09. The van der Waals surface area contributed by atoms with Crippen LogP contribution in [-0.4, -0.2) is 18.9 Å². The molecule has 21 heavy (non-hydrogen) atoms. The average molecular weight is 387 g/mol. The lowest BCUT2D eigenvalue weighted by molar-refractivity contribution is -0.110. The zero-order valence-electron chi connectivity index (χ0n) is 11.3. The Morgan fingerprint density at radius 1 is 1.29 bits per heavy atom. The van der Waals surface area contributed by atoms with E-state index in [0.717, 1.165) is 20.4 Å². The van der Waals surface area contributed by atoms with Gasteiger partial charge in [0.1, 0.15) is 13.6 Å². The lowest BCUT2D eigenvalue weighted by Crippen LogP contribution is -2.06. The van der Waals surface area contributed by atoms with E-state index in [1.807, 2.05) is 18.2 Å². The second-order valence-electron chi connectivity index (χ2n) is 4.98. The lowest BCUT2D eigenvalue weighted by atomic mass is 9.90. The Morgan fingerprint density at radius 2 is 2.05 bits per heavy atom. The van der Waals surface area contributed by atoms with Gasteiger partial charge < -0.3 is 10.4 Å². The van der Waals surface area contributed by atoms with Crippen molar-refractivity contribution in [1.29, 1.82) is 0 Å². The van der Waals surface area contributed by atoms with Crippen molar-refractivity contribution in [3.8, 4) is 5.75 Å². The van der Waals surface area contributed by atoms with Gasteiger partial charge in [0, 0.05) is 20.4 Å². The highest BCUT2D eigenvalue weighted by molar-refractivity contribution is 14.1. The fourth-order valence-electron chi connectivity index (χ4n) is 2.39. The van der Waals surface area contributed by atoms with Gasteiger partial charge >= 0.3 is 0 Å². The number of benzene rings is 2. The van der Waals surface area contributed by atoms with E-state index in [4.69, 9.17) is 7.85 Å². The Kier molecular flexibility index (Phi) is 3.53. The Hall–Kier alpha value is -1.76. The predicted molar refractivity (Wildman–Crippen MR) is 93.9 cm³/mol. The van der Waals surface area contributed by atoms with E-state index in [-0.39, 0.29) is 11.7 Å². The van der Waals surface area contributed by atoms with Crippen molar-refractivity contribution < 1.29 is 9.90 Å². The monoisotopic (exact) mass is 387 g/mol. The molecule has 0 bridgehead atoms. The molecule has 0 unspecified atom stereocenters. The molecule has 3 rings (SSSR count). The fourth-order valence-corrected chi connectivity index (χ4v) is 2.88. The molecular weight excluding hydrogens is 376 g/mol. The molecule has 2 N–H and O–H groups in total. The Balaban J connectivity index is 2.13. The Morgan fingerprint density at radius 3 is 2.76 bits per heavy atom. The molecule has 0 aliphatic carbocycles. The zero-order chi connectivity index (χ0) is 15.1. The molecule has 2 aromatic rings. The van der Waals surface area contributed by atoms with Crippen LogP contribution < -0.4 is 10.8 Å². The van der Waals surface area contributed by atoms with Gasteiger partial charge in [0.2, 0.25) is 0 Å². The van der Waals surface area contributed by atoms with Crippen molar-refractivity contribution in [3.05, 3.63) is 50.6 Å². The summed E-state index contributed by atoms with van der Waals surface area (Å²) in [6.07, 6.45) is 1.79. The summed E-state index contributed by atoms with van der Waals surface area (Å²) in [6.45, 7) is 1.78. The first-order valence-electron chi connectivity index (χ1n) is 6.38. The predicted octanol–water partition coefficient (Wildman–Crippen LogP) is 2.59. The van der Waals surface area contributed by atoms with E-state index >= 15 is 0 Å². The second kappa shape index (κ2) is 5.22. The van der Waals surface area contributed by atoms with Crippen LogP contribution in [0.4, 0.5) is 5.69 Å². The summed E-state index contributed by atoms with van der Waals surface area (Å²) in [5.74, 6) is -0.0423. The minimum absolute atomic E-state index is 0.0861. The van der Waals surface area contributed by atoms with Crippen LogP contribution >= 0.6 is 22.6 Å². The maximum Gasteiger partial charge on any atom is 0.256 e. The van der Waals surface area contributed by atoms with Crippen LogP contribution in [0, 0.1) is 10.5 Å². The molecule has 0 atom stereocenters. The highest BCUT2D eigenvalue weighted by atomic mass is 127. The van der Waals surface area contributed by atoms with Crippen molar-refractivity contribution in [3.63, 3.8) is 0 Å². The number of amides is 1. The molecule has 2 radical (unpaired) electrons. The average Bonchev–Trinajstić information content (AvgIpc) is 2.72. The summed E-state index contributed by atoms with van der Waals surface area (Å²) < 4.78 is 1.06. The van der Waals surface area contributed by atoms with E-state index in [9.17, 15) is 9.90 Å². The first kappa shape index (κ1) is 14.2. The molecule has 1 heterocycles. The Labute approximate surface area is 137 Å². The third-order valence-corrected chi connectivity index (χ3v) is 4.10. The van der Waals surface area contributed by atoms with E-state index in [0.29, 0.717) is 16.6 Å². The molecule has 1 aliphatic rings. The summed E-state index contributed by atoms with van der Waals surface area (Å²) in [7, 11) is 5.77. The van der Waals surface area contributed by atoms with Gasteiger partial charge in [-0.3, -0.25) is 4.79 Å². The number of anilines is 1. The number of carbonyl (C=O) groups excluding carboxylic acids is 1. The number of aryl methyl sites for hydroxylation is 1. The number of phenols is 1. The number of phenolic OH excluding ortho intramolecular Hbond substituents is 1. The summed E-state index contributed by atoms with van der Waals surface area (Å²) in [6, 6.07) is 9.28. The first-order valence-corrected chi connectivity index (χ1v) is 7.45. The number of rotatable bonds is 1. The zero-order valence-corrected chi connectivity index (χ0v) is 13.4. The molecule has 2 aromatic carbocycles. The topological polar surface area (TPSA) is 49.3 Å². The minimum atomic E-state index is -0.128. The van der Waals surface area contributed by atoms with E-state index < -0.39 is 0 Å². The van der Waals surface area contributed by atoms with E-state index in [1.165, 1.54) is 0 Å². The van der Waals surface area contributed by atoms with Crippen molar-refractivity contribution in [2.75, 3.05) is 5.32 Å². The summed E-state index contributed by atoms with van der Waals surface area (Å²) in [5, 5.41) is 12.6. The highest BCUT2D eigenvalue weighted by Crippen LogP contribution is 2.34. The van der Waals surface area contributed by atoms with Crippen molar-refractivity contribution in [1.82, 2.24) is 0 Å². The van der Waals surface area contributed by atoms with Crippen LogP contribution in [0.5, 0.6) is 5.75 Å². The molecule has 102 valence electrons. The summed E-state index contributed by atoms with van der Waals surface area (Å²) >= 11 is 2.22. The number of aromatic hydroxyl groups is 1. The van der Waals surface area contributed by atoms with Gasteiger partial charge in [-0.15, -0.1) is 0 Å². The molecule has 0 saturated heterocycles. The Bertz CT molecular complexity index is 776. The van der Waals surface area contributed by atoms with Crippen molar-refractivity contribution in [2.45, 2.75) is 6.92 Å². The molecule has 5 heteroatoms. The van der Waals surface area contributed by atoms with Crippen LogP contribution in [0.2, 0.25) is 0 Å². The van der Waals surface area contributed by atoms with Gasteiger partial charge in [0.15, 0.2) is 0 Å². The van der Waals surface area contributed by atoms with Crippen LogP contribution in [0.3, 0.4) is 0 Å². The number of hydrogen-bond donors (Lipinski definition) is 2. The molecule has 3 nitrogen and oxygen atoms in total. The van der Waals surface area contributed by atoms with Gasteiger partial charge in [-0.25, -0.2) is 0 Å². The van der Waals surface area contributed by atoms with Crippen LogP contribution in [0.1, 0.15) is 16.7 Å². The quantitative estimate of drug-likeness (QED) is 0.449. The maximum absolute atomic E-state index is 12.1. The molecule has 1 aliphatic heterocycles. The van der Waals surface area contributed by atoms with Gasteiger partial charge in [0.05, 0.1) is 0 Å². The largest absolute Gasteiger partial charge is 0.508 e.